The SMILES string of the molecule is Cc1noc(C)c1COc1ccc(CC(=O)OCC(=O)N2c3ccccc3CCc3ccccc32)cc1. The molecule has 0 radical (unpaired) electrons. The maximum atomic E-state index is 13.3. The molecule has 0 saturated heterocycles. The van der Waals surface area contributed by atoms with E-state index in [0.29, 0.717) is 12.4 Å². The summed E-state index contributed by atoms with van der Waals surface area (Å²) in [7, 11) is 0. The van der Waals surface area contributed by atoms with Crippen molar-refractivity contribution < 1.29 is 23.6 Å². The van der Waals surface area contributed by atoms with E-state index < -0.39 is 5.97 Å². The number of ether oxygens (including phenoxy) is 2. The maximum absolute atomic E-state index is 13.3. The van der Waals surface area contributed by atoms with Crippen LogP contribution in [0.25, 0.3) is 0 Å². The fraction of sp³-hybridized carbons (Fsp3) is 0.233. The Bertz CT molecular complexity index is 1360. The molecular formula is C30H28N2O5. The topological polar surface area (TPSA) is 81.9 Å². The Kier molecular flexibility index (Phi) is 7.03. The molecule has 0 bridgehead atoms. The molecule has 0 N–H and O–H groups in total. The Morgan fingerprint density at radius 1 is 0.892 bits per heavy atom. The number of aromatic nitrogens is 1. The van der Waals surface area contributed by atoms with Gasteiger partial charge in [-0.25, -0.2) is 0 Å². The molecule has 37 heavy (non-hydrogen) atoms. The number of anilines is 2. The summed E-state index contributed by atoms with van der Waals surface area (Å²) < 4.78 is 16.4. The molecular weight excluding hydrogens is 468 g/mol. The van der Waals surface area contributed by atoms with E-state index >= 15 is 0 Å². The summed E-state index contributed by atoms with van der Waals surface area (Å²) >= 11 is 0. The fourth-order valence-corrected chi connectivity index (χ4v) is 4.54. The van der Waals surface area contributed by atoms with E-state index in [1.54, 1.807) is 17.0 Å². The number of nitrogens with zero attached hydrogens (tertiary/aromatic N) is 2. The summed E-state index contributed by atoms with van der Waals surface area (Å²) in [5.41, 5.74) is 6.35. The van der Waals surface area contributed by atoms with E-state index in [1.807, 2.05) is 74.5 Å². The van der Waals surface area contributed by atoms with Gasteiger partial charge in [-0.05, 0) is 67.6 Å². The Labute approximate surface area is 215 Å². The van der Waals surface area contributed by atoms with Gasteiger partial charge in [0.1, 0.15) is 18.1 Å². The number of benzene rings is 3. The van der Waals surface area contributed by atoms with Crippen molar-refractivity contribution in [2.75, 3.05) is 11.5 Å². The van der Waals surface area contributed by atoms with Gasteiger partial charge >= 0.3 is 5.97 Å². The summed E-state index contributed by atoms with van der Waals surface area (Å²) in [6.07, 6.45) is 1.74. The van der Waals surface area contributed by atoms with Crippen molar-refractivity contribution >= 4 is 23.3 Å². The molecule has 1 aliphatic heterocycles. The van der Waals surface area contributed by atoms with Crippen LogP contribution in [0.15, 0.2) is 77.3 Å². The van der Waals surface area contributed by atoms with Crippen LogP contribution < -0.4 is 9.64 Å². The zero-order valence-corrected chi connectivity index (χ0v) is 20.9. The highest BCUT2D eigenvalue weighted by molar-refractivity contribution is 6.03. The van der Waals surface area contributed by atoms with Crippen molar-refractivity contribution in [3.05, 3.63) is 107 Å². The number of fused-ring (bicyclic) bond motifs is 2. The first kappa shape index (κ1) is 24.3. The third kappa shape index (κ3) is 5.40. The van der Waals surface area contributed by atoms with Crippen molar-refractivity contribution in [1.29, 1.82) is 0 Å². The minimum Gasteiger partial charge on any atom is -0.489 e. The third-order valence-electron chi connectivity index (χ3n) is 6.57. The van der Waals surface area contributed by atoms with E-state index in [0.717, 1.165) is 57.9 Å². The lowest BCUT2D eigenvalue weighted by molar-refractivity contribution is -0.147. The Morgan fingerprint density at radius 3 is 2.11 bits per heavy atom. The summed E-state index contributed by atoms with van der Waals surface area (Å²) in [6.45, 7) is 3.75. The summed E-state index contributed by atoms with van der Waals surface area (Å²) in [4.78, 5) is 27.6. The van der Waals surface area contributed by atoms with Crippen LogP contribution in [0.5, 0.6) is 5.75 Å². The standard InChI is InChI=1S/C30H28N2O5/c1-20-26(21(2)37-31-20)18-35-25-15-11-22(12-16-25)17-30(34)36-19-29(33)32-27-9-5-3-7-23(27)13-14-24-8-4-6-10-28(24)32/h3-12,15-16H,13-14,17-19H2,1-2H3. The van der Waals surface area contributed by atoms with E-state index in [2.05, 4.69) is 5.16 Å². The minimum atomic E-state index is -0.464. The number of carbonyl (C=O) groups excluding carboxylic acids is 2. The van der Waals surface area contributed by atoms with E-state index in [9.17, 15) is 9.59 Å². The summed E-state index contributed by atoms with van der Waals surface area (Å²) in [5, 5.41) is 3.93. The molecule has 0 saturated carbocycles. The van der Waals surface area contributed by atoms with E-state index in [1.165, 1.54) is 0 Å². The second-order valence-electron chi connectivity index (χ2n) is 9.06. The van der Waals surface area contributed by atoms with Gasteiger partial charge in [0.25, 0.3) is 5.91 Å². The van der Waals surface area contributed by atoms with Gasteiger partial charge in [-0.3, -0.25) is 14.5 Å². The van der Waals surface area contributed by atoms with Crippen LogP contribution in [-0.4, -0.2) is 23.6 Å². The van der Waals surface area contributed by atoms with Crippen LogP contribution in [0.2, 0.25) is 0 Å². The highest BCUT2D eigenvalue weighted by Crippen LogP contribution is 2.36. The molecule has 1 amide bonds. The van der Waals surface area contributed by atoms with Crippen molar-refractivity contribution in [2.24, 2.45) is 0 Å². The van der Waals surface area contributed by atoms with Crippen LogP contribution in [-0.2, 0) is 40.2 Å². The predicted molar refractivity (Wildman–Crippen MR) is 139 cm³/mol. The molecule has 7 nitrogen and oxygen atoms in total. The average molecular weight is 497 g/mol. The zero-order valence-electron chi connectivity index (χ0n) is 20.9. The van der Waals surface area contributed by atoms with Crippen LogP contribution in [0.1, 0.15) is 33.7 Å². The predicted octanol–water partition coefficient (Wildman–Crippen LogP) is 5.42. The van der Waals surface area contributed by atoms with Gasteiger partial charge in [0, 0.05) is 0 Å². The normalized spacial score (nSPS) is 12.3. The van der Waals surface area contributed by atoms with Crippen molar-refractivity contribution in [2.45, 2.75) is 39.7 Å². The zero-order chi connectivity index (χ0) is 25.8. The van der Waals surface area contributed by atoms with Gasteiger partial charge < -0.3 is 14.0 Å². The Morgan fingerprint density at radius 2 is 1.51 bits per heavy atom. The van der Waals surface area contributed by atoms with Gasteiger partial charge in [-0.1, -0.05) is 53.7 Å². The number of carbonyl (C=O) groups is 2. The average Bonchev–Trinajstić information content (AvgIpc) is 3.13. The van der Waals surface area contributed by atoms with Gasteiger partial charge in [-0.15, -0.1) is 0 Å². The number of para-hydroxylation sites is 2. The summed E-state index contributed by atoms with van der Waals surface area (Å²) in [5.74, 6) is 0.664. The van der Waals surface area contributed by atoms with Crippen molar-refractivity contribution in [3.8, 4) is 5.75 Å². The number of aryl methyl sites for hydroxylation is 4. The lowest BCUT2D eigenvalue weighted by Crippen LogP contribution is -2.31. The number of hydrogen-bond acceptors (Lipinski definition) is 6. The molecule has 5 rings (SSSR count). The van der Waals surface area contributed by atoms with Gasteiger partial charge in [0.15, 0.2) is 6.61 Å². The van der Waals surface area contributed by atoms with Crippen LogP contribution in [0, 0.1) is 13.8 Å². The minimum absolute atomic E-state index is 0.0601. The molecule has 0 atom stereocenters. The van der Waals surface area contributed by atoms with Crippen molar-refractivity contribution in [3.63, 3.8) is 0 Å². The highest BCUT2D eigenvalue weighted by Gasteiger charge is 2.26. The fourth-order valence-electron chi connectivity index (χ4n) is 4.54. The van der Waals surface area contributed by atoms with Crippen molar-refractivity contribution in [1.82, 2.24) is 5.16 Å². The molecule has 7 heteroatoms. The molecule has 0 spiro atoms. The molecule has 3 aromatic carbocycles. The van der Waals surface area contributed by atoms with E-state index in [4.69, 9.17) is 14.0 Å². The first-order chi connectivity index (χ1) is 18.0. The molecule has 0 fully saturated rings. The molecule has 188 valence electrons. The Hall–Kier alpha value is -4.39. The Balaban J connectivity index is 1.20. The van der Waals surface area contributed by atoms with Crippen LogP contribution >= 0.6 is 0 Å². The molecule has 2 heterocycles. The number of esters is 1. The highest BCUT2D eigenvalue weighted by atomic mass is 16.5. The largest absolute Gasteiger partial charge is 0.489 e. The lowest BCUT2D eigenvalue weighted by Gasteiger charge is -2.24. The third-order valence-corrected chi connectivity index (χ3v) is 6.57. The summed E-state index contributed by atoms with van der Waals surface area (Å²) in [6, 6.07) is 23.0. The lowest BCUT2D eigenvalue weighted by atomic mass is 10.0. The van der Waals surface area contributed by atoms with E-state index in [-0.39, 0.29) is 18.9 Å². The van der Waals surface area contributed by atoms with Gasteiger partial charge in [0.05, 0.1) is 29.1 Å². The van der Waals surface area contributed by atoms with Crippen LogP contribution in [0.3, 0.4) is 0 Å². The molecule has 0 aliphatic carbocycles. The molecule has 0 unspecified atom stereocenters. The maximum Gasteiger partial charge on any atom is 0.310 e. The first-order valence-corrected chi connectivity index (χ1v) is 12.3. The number of hydrogen-bond donors (Lipinski definition) is 0. The first-order valence-electron chi connectivity index (χ1n) is 12.3. The van der Waals surface area contributed by atoms with Gasteiger partial charge in [0.2, 0.25) is 0 Å². The molecule has 4 aromatic rings. The second-order valence-corrected chi connectivity index (χ2v) is 9.06. The quantitative estimate of drug-likeness (QED) is 0.318. The second kappa shape index (κ2) is 10.7. The molecule has 1 aliphatic rings. The smallest absolute Gasteiger partial charge is 0.310 e. The monoisotopic (exact) mass is 496 g/mol. The van der Waals surface area contributed by atoms with Gasteiger partial charge in [-0.2, -0.15) is 0 Å². The van der Waals surface area contributed by atoms with Crippen LogP contribution in [0.4, 0.5) is 11.4 Å². The number of amides is 1. The number of rotatable bonds is 7. The molecule has 1 aromatic heterocycles.